The fraction of sp³-hybridized carbons (Fsp3) is 0.600. The Kier molecular flexibility index (Phi) is 6.40. The molecule has 1 unspecified atom stereocenters. The first-order valence-corrected chi connectivity index (χ1v) is 8.69. The average Bonchev–Trinajstić information content (AvgIpc) is 2.49. The molecule has 1 aromatic carbocycles. The zero-order chi connectivity index (χ0) is 19.6. The molecule has 0 aliphatic carbocycles. The van der Waals surface area contributed by atoms with E-state index in [1.807, 2.05) is 17.6 Å². The molecule has 0 aliphatic heterocycles. The molecule has 25 heavy (non-hydrogen) atoms. The minimum absolute atomic E-state index is 0.148. The topological polar surface area (TPSA) is 92.4 Å². The minimum Gasteiger partial charge on any atom is -0.507 e. The molecule has 0 saturated heterocycles. The largest absolute Gasteiger partial charge is 0.507 e. The van der Waals surface area contributed by atoms with E-state index in [1.165, 1.54) is 0 Å². The minimum atomic E-state index is -0.758. The molecule has 1 aromatic rings. The van der Waals surface area contributed by atoms with Crippen molar-refractivity contribution in [3.05, 3.63) is 28.8 Å². The molecule has 1 atom stereocenters. The predicted octanol–water partition coefficient (Wildman–Crippen LogP) is 3.11. The van der Waals surface area contributed by atoms with Crippen molar-refractivity contribution in [3.63, 3.8) is 0 Å². The Balaban J connectivity index is 3.16. The van der Waals surface area contributed by atoms with Gasteiger partial charge in [-0.25, -0.2) is 5.84 Å². The van der Waals surface area contributed by atoms with Gasteiger partial charge >= 0.3 is 0 Å². The van der Waals surface area contributed by atoms with Crippen molar-refractivity contribution in [2.45, 2.75) is 72.1 Å². The molecule has 1 amide bonds. The maximum absolute atomic E-state index is 12.2. The summed E-state index contributed by atoms with van der Waals surface area (Å²) in [6.07, 6.45) is 0.778. The normalized spacial score (nSPS) is 13.4. The fourth-order valence-corrected chi connectivity index (χ4v) is 2.74. The van der Waals surface area contributed by atoms with E-state index in [1.54, 1.807) is 6.92 Å². The summed E-state index contributed by atoms with van der Waals surface area (Å²) in [6.45, 7) is 13.9. The zero-order valence-electron chi connectivity index (χ0n) is 16.5. The van der Waals surface area contributed by atoms with Crippen LogP contribution in [0.5, 0.6) is 5.75 Å². The number of rotatable bonds is 5. The SMILES string of the molecule is CC(C(=O)CCc1cc(C(C)(C)C)c(O)c(C(C)(C)C)c1)C(=O)NN. The maximum Gasteiger partial charge on any atom is 0.244 e. The van der Waals surface area contributed by atoms with Crippen LogP contribution >= 0.6 is 0 Å². The van der Waals surface area contributed by atoms with Crippen LogP contribution in [-0.2, 0) is 26.8 Å². The number of carbonyl (C=O) groups is 2. The van der Waals surface area contributed by atoms with Gasteiger partial charge in [0.05, 0.1) is 5.92 Å². The van der Waals surface area contributed by atoms with Crippen LogP contribution in [0.25, 0.3) is 0 Å². The van der Waals surface area contributed by atoms with Gasteiger partial charge in [-0.05, 0) is 40.9 Å². The first kappa shape index (κ1) is 21.2. The second-order valence-corrected chi connectivity index (χ2v) is 8.74. The van der Waals surface area contributed by atoms with E-state index >= 15 is 0 Å². The van der Waals surface area contributed by atoms with Crippen molar-refractivity contribution < 1.29 is 14.7 Å². The fourth-order valence-electron chi connectivity index (χ4n) is 2.74. The number of hydrazine groups is 1. The quantitative estimate of drug-likeness (QED) is 0.330. The third-order valence-corrected chi connectivity index (χ3v) is 4.46. The number of hydrogen-bond acceptors (Lipinski definition) is 4. The summed E-state index contributed by atoms with van der Waals surface area (Å²) in [5.74, 6) is 4.04. The van der Waals surface area contributed by atoms with Crippen molar-refractivity contribution in [2.75, 3.05) is 0 Å². The number of nitrogens with two attached hydrogens (primary N) is 1. The lowest BCUT2D eigenvalue weighted by atomic mass is 9.78. The van der Waals surface area contributed by atoms with Gasteiger partial charge in [-0.15, -0.1) is 0 Å². The second-order valence-electron chi connectivity index (χ2n) is 8.74. The summed E-state index contributed by atoms with van der Waals surface area (Å²) in [6, 6.07) is 3.93. The van der Waals surface area contributed by atoms with Crippen molar-refractivity contribution in [3.8, 4) is 5.75 Å². The van der Waals surface area contributed by atoms with Crippen molar-refractivity contribution in [2.24, 2.45) is 11.8 Å². The van der Waals surface area contributed by atoms with Gasteiger partial charge in [0.1, 0.15) is 11.5 Å². The average molecular weight is 348 g/mol. The molecule has 5 nitrogen and oxygen atoms in total. The van der Waals surface area contributed by atoms with Gasteiger partial charge < -0.3 is 5.11 Å². The van der Waals surface area contributed by atoms with E-state index in [0.717, 1.165) is 16.7 Å². The van der Waals surface area contributed by atoms with Gasteiger partial charge in [0.2, 0.25) is 5.91 Å². The molecule has 0 bridgehead atoms. The van der Waals surface area contributed by atoms with Crippen LogP contribution < -0.4 is 11.3 Å². The Labute approximate surface area is 151 Å². The molecular formula is C20H32N2O3. The van der Waals surface area contributed by atoms with E-state index < -0.39 is 11.8 Å². The van der Waals surface area contributed by atoms with Crippen molar-refractivity contribution in [1.29, 1.82) is 0 Å². The summed E-state index contributed by atoms with van der Waals surface area (Å²) < 4.78 is 0. The van der Waals surface area contributed by atoms with Crippen molar-refractivity contribution in [1.82, 2.24) is 5.43 Å². The molecule has 140 valence electrons. The van der Waals surface area contributed by atoms with E-state index in [0.29, 0.717) is 12.2 Å². The molecule has 0 aliphatic rings. The van der Waals surface area contributed by atoms with E-state index in [2.05, 4.69) is 41.5 Å². The number of aryl methyl sites for hydroxylation is 1. The highest BCUT2D eigenvalue weighted by molar-refractivity contribution is 6.00. The molecule has 0 fully saturated rings. The molecule has 4 N–H and O–H groups in total. The number of carbonyl (C=O) groups excluding carboxylic acids is 2. The predicted molar refractivity (Wildman–Crippen MR) is 100 cm³/mol. The highest BCUT2D eigenvalue weighted by atomic mass is 16.3. The van der Waals surface area contributed by atoms with Crippen molar-refractivity contribution >= 4 is 11.7 Å². The summed E-state index contributed by atoms with van der Waals surface area (Å²) in [5, 5.41) is 10.7. The Hall–Kier alpha value is -1.88. The van der Waals surface area contributed by atoms with Gasteiger partial charge in [-0.3, -0.25) is 15.0 Å². The van der Waals surface area contributed by atoms with Gasteiger partial charge in [-0.1, -0.05) is 53.7 Å². The number of aromatic hydroxyl groups is 1. The van der Waals surface area contributed by atoms with Gasteiger partial charge in [-0.2, -0.15) is 0 Å². The summed E-state index contributed by atoms with van der Waals surface area (Å²) >= 11 is 0. The highest BCUT2D eigenvalue weighted by Gasteiger charge is 2.27. The number of phenols is 1. The number of nitrogens with one attached hydrogen (secondary N) is 1. The smallest absolute Gasteiger partial charge is 0.244 e. The number of amides is 1. The number of ketones is 1. The Morgan fingerprint density at radius 3 is 1.88 bits per heavy atom. The lowest BCUT2D eigenvalue weighted by molar-refractivity contribution is -0.133. The molecule has 1 rings (SSSR count). The summed E-state index contributed by atoms with van der Waals surface area (Å²) in [4.78, 5) is 23.7. The van der Waals surface area contributed by atoms with Crippen LogP contribution in [0.1, 0.15) is 71.6 Å². The van der Waals surface area contributed by atoms with Gasteiger partial charge in [0.15, 0.2) is 0 Å². The van der Waals surface area contributed by atoms with E-state index in [-0.39, 0.29) is 23.0 Å². The first-order valence-electron chi connectivity index (χ1n) is 8.69. The second kappa shape index (κ2) is 7.56. The molecule has 0 heterocycles. The summed E-state index contributed by atoms with van der Waals surface area (Å²) in [7, 11) is 0. The molecule has 0 saturated carbocycles. The van der Waals surface area contributed by atoms with E-state index in [4.69, 9.17) is 5.84 Å². The van der Waals surface area contributed by atoms with Crippen LogP contribution in [0.15, 0.2) is 12.1 Å². The maximum atomic E-state index is 12.2. The zero-order valence-corrected chi connectivity index (χ0v) is 16.5. The van der Waals surface area contributed by atoms with Crippen LogP contribution in [-0.4, -0.2) is 16.8 Å². The summed E-state index contributed by atoms with van der Waals surface area (Å²) in [5.41, 5.74) is 4.32. The van der Waals surface area contributed by atoms with Gasteiger partial charge in [0.25, 0.3) is 0 Å². The lowest BCUT2D eigenvalue weighted by Crippen LogP contribution is -2.38. The van der Waals surface area contributed by atoms with Crippen LogP contribution in [0.2, 0.25) is 0 Å². The number of Topliss-reactive ketones (excluding diaryl/α,β-unsaturated/α-hetero) is 1. The molecule has 0 radical (unpaired) electrons. The van der Waals surface area contributed by atoms with Crippen LogP contribution in [0, 0.1) is 5.92 Å². The van der Waals surface area contributed by atoms with Crippen LogP contribution in [0.4, 0.5) is 0 Å². The standard InChI is InChI=1S/C20H32N2O3/c1-12(18(25)22-21)16(23)9-8-13-10-14(19(2,3)4)17(24)15(11-13)20(5,6)7/h10-12,24H,8-9,21H2,1-7H3,(H,22,25). The van der Waals surface area contributed by atoms with Gasteiger partial charge in [0, 0.05) is 6.42 Å². The molecule has 0 spiro atoms. The Morgan fingerprint density at radius 1 is 1.08 bits per heavy atom. The monoisotopic (exact) mass is 348 g/mol. The van der Waals surface area contributed by atoms with E-state index in [9.17, 15) is 14.7 Å². The highest BCUT2D eigenvalue weighted by Crippen LogP contribution is 2.40. The molecule has 5 heteroatoms. The number of phenolic OH excluding ortho intramolecular Hbond substituents is 1. The number of benzene rings is 1. The third-order valence-electron chi connectivity index (χ3n) is 4.46. The first-order chi connectivity index (χ1) is 11.3. The lowest BCUT2D eigenvalue weighted by Gasteiger charge is -2.28. The molecular weight excluding hydrogens is 316 g/mol. The van der Waals surface area contributed by atoms with Crippen LogP contribution in [0.3, 0.4) is 0 Å². The Morgan fingerprint density at radius 2 is 1.52 bits per heavy atom. The number of hydrogen-bond donors (Lipinski definition) is 3. The third kappa shape index (κ3) is 5.30. The molecule has 0 aromatic heterocycles. The Bertz CT molecular complexity index is 617.